The van der Waals surface area contributed by atoms with Crippen LogP contribution in [0.25, 0.3) is 0 Å². The minimum Gasteiger partial charge on any atom is -0.508 e. The number of hydrogen-bond acceptors (Lipinski definition) is 2. The average molecular weight is 353 g/mol. The number of phenols is 1. The van der Waals surface area contributed by atoms with Crippen molar-refractivity contribution in [1.29, 1.82) is 0 Å². The second-order valence-electron chi connectivity index (χ2n) is 4.37. The van der Waals surface area contributed by atoms with E-state index in [1.807, 2.05) is 18.2 Å². The van der Waals surface area contributed by atoms with E-state index < -0.39 is 0 Å². The largest absolute Gasteiger partial charge is 0.508 e. The zero-order valence-corrected chi connectivity index (χ0v) is 12.6. The summed E-state index contributed by atoms with van der Waals surface area (Å²) in [5, 5.41) is 13.0. The van der Waals surface area contributed by atoms with Gasteiger partial charge in [0.15, 0.2) is 0 Å². The Kier molecular flexibility index (Phi) is 4.11. The van der Waals surface area contributed by atoms with Gasteiger partial charge in [-0.3, -0.25) is 0 Å². The van der Waals surface area contributed by atoms with Crippen molar-refractivity contribution in [3.05, 3.63) is 57.2 Å². The topological polar surface area (TPSA) is 32.3 Å². The van der Waals surface area contributed by atoms with Gasteiger partial charge in [0.1, 0.15) is 5.75 Å². The molecule has 0 heterocycles. The van der Waals surface area contributed by atoms with Crippen molar-refractivity contribution < 1.29 is 5.11 Å². The fourth-order valence-electron chi connectivity index (χ4n) is 1.87. The molecule has 0 bridgehead atoms. The van der Waals surface area contributed by atoms with E-state index in [1.54, 1.807) is 12.1 Å². The number of rotatable bonds is 3. The molecule has 0 aliphatic carbocycles. The van der Waals surface area contributed by atoms with E-state index in [4.69, 9.17) is 0 Å². The van der Waals surface area contributed by atoms with Gasteiger partial charge in [-0.15, -0.1) is 0 Å². The summed E-state index contributed by atoms with van der Waals surface area (Å²) in [7, 11) is 0. The highest BCUT2D eigenvalue weighted by Crippen LogP contribution is 2.26. The van der Waals surface area contributed by atoms with E-state index >= 15 is 0 Å². The van der Waals surface area contributed by atoms with Crippen LogP contribution in [-0.4, -0.2) is 5.11 Å². The maximum atomic E-state index is 9.50. The van der Waals surface area contributed by atoms with Crippen molar-refractivity contribution >= 4 is 28.3 Å². The lowest BCUT2D eigenvalue weighted by molar-refractivity contribution is 0.474. The van der Waals surface area contributed by atoms with Gasteiger partial charge in [0.2, 0.25) is 0 Å². The lowest BCUT2D eigenvalue weighted by Gasteiger charge is -2.18. The van der Waals surface area contributed by atoms with Crippen LogP contribution < -0.4 is 5.32 Å². The highest BCUT2D eigenvalue weighted by Gasteiger charge is 2.08. The summed E-state index contributed by atoms with van der Waals surface area (Å²) in [4.78, 5) is 0. The first-order valence-corrected chi connectivity index (χ1v) is 6.96. The normalized spacial score (nSPS) is 12.2. The minimum atomic E-state index is 0.161. The molecule has 0 fully saturated rings. The van der Waals surface area contributed by atoms with Gasteiger partial charge in [-0.1, -0.05) is 18.2 Å². The van der Waals surface area contributed by atoms with Crippen LogP contribution in [0.1, 0.15) is 24.1 Å². The Hall–Kier alpha value is -1.23. The molecule has 0 saturated carbocycles. The quantitative estimate of drug-likeness (QED) is 0.798. The van der Waals surface area contributed by atoms with Crippen LogP contribution >= 0.6 is 22.6 Å². The fraction of sp³-hybridized carbons (Fsp3) is 0.200. The van der Waals surface area contributed by atoms with Gasteiger partial charge in [-0.05, 0) is 71.8 Å². The Morgan fingerprint density at radius 1 is 1.17 bits per heavy atom. The first-order chi connectivity index (χ1) is 8.58. The number of phenolic OH excluding ortho intramolecular Hbond substituents is 1. The lowest BCUT2D eigenvalue weighted by atomic mass is 10.1. The van der Waals surface area contributed by atoms with Crippen molar-refractivity contribution in [2.24, 2.45) is 0 Å². The van der Waals surface area contributed by atoms with Gasteiger partial charge in [0, 0.05) is 15.3 Å². The molecule has 2 aromatic rings. The van der Waals surface area contributed by atoms with Crippen LogP contribution in [0, 0.1) is 10.5 Å². The molecule has 0 amide bonds. The predicted molar refractivity (Wildman–Crippen MR) is 84.0 cm³/mol. The van der Waals surface area contributed by atoms with Crippen LogP contribution in [0.2, 0.25) is 0 Å². The third kappa shape index (κ3) is 2.96. The zero-order chi connectivity index (χ0) is 13.1. The number of aromatic hydroxyl groups is 1. The van der Waals surface area contributed by atoms with E-state index in [9.17, 15) is 5.11 Å². The second-order valence-corrected chi connectivity index (χ2v) is 5.54. The Labute approximate surface area is 121 Å². The third-order valence-electron chi connectivity index (χ3n) is 3.01. The zero-order valence-electron chi connectivity index (χ0n) is 10.4. The van der Waals surface area contributed by atoms with Crippen LogP contribution in [-0.2, 0) is 0 Å². The first-order valence-electron chi connectivity index (χ1n) is 5.88. The molecular formula is C15H16INO. The molecule has 0 aliphatic heterocycles. The Balaban J connectivity index is 2.21. The molecule has 0 aliphatic rings. The summed E-state index contributed by atoms with van der Waals surface area (Å²) in [6.45, 7) is 4.20. The molecule has 0 spiro atoms. The van der Waals surface area contributed by atoms with Crippen LogP contribution in [0.4, 0.5) is 5.69 Å². The van der Waals surface area contributed by atoms with Crippen molar-refractivity contribution in [2.45, 2.75) is 19.9 Å². The number of hydrogen-bond donors (Lipinski definition) is 2. The van der Waals surface area contributed by atoms with Gasteiger partial charge in [0.25, 0.3) is 0 Å². The number of halogens is 1. The number of anilines is 1. The lowest BCUT2D eigenvalue weighted by Crippen LogP contribution is -2.07. The molecule has 2 nitrogen and oxygen atoms in total. The smallest absolute Gasteiger partial charge is 0.115 e. The van der Waals surface area contributed by atoms with Gasteiger partial charge in [0.05, 0.1) is 0 Å². The minimum absolute atomic E-state index is 0.161. The molecule has 0 radical (unpaired) electrons. The molecule has 1 unspecified atom stereocenters. The fourth-order valence-corrected chi connectivity index (χ4v) is 2.37. The average Bonchev–Trinajstić information content (AvgIpc) is 2.35. The maximum absolute atomic E-state index is 9.50. The summed E-state index contributed by atoms with van der Waals surface area (Å²) in [5.74, 6) is 0.306. The first kappa shape index (κ1) is 13.2. The van der Waals surface area contributed by atoms with Crippen LogP contribution in [0.3, 0.4) is 0 Å². The molecule has 94 valence electrons. The maximum Gasteiger partial charge on any atom is 0.115 e. The van der Waals surface area contributed by atoms with E-state index in [-0.39, 0.29) is 6.04 Å². The molecule has 18 heavy (non-hydrogen) atoms. The monoisotopic (exact) mass is 353 g/mol. The Morgan fingerprint density at radius 3 is 2.61 bits per heavy atom. The highest BCUT2D eigenvalue weighted by molar-refractivity contribution is 14.1. The van der Waals surface area contributed by atoms with Crippen LogP contribution in [0.15, 0.2) is 42.5 Å². The number of nitrogens with one attached hydrogen (secondary N) is 1. The highest BCUT2D eigenvalue weighted by atomic mass is 127. The summed E-state index contributed by atoms with van der Waals surface area (Å²) < 4.78 is 1.25. The summed E-state index contributed by atoms with van der Waals surface area (Å²) in [5.41, 5.74) is 3.47. The van der Waals surface area contributed by atoms with Gasteiger partial charge in [-0.2, -0.15) is 0 Å². The summed E-state index contributed by atoms with van der Waals surface area (Å²) in [6.07, 6.45) is 0. The molecule has 2 aromatic carbocycles. The molecule has 0 aromatic heterocycles. The van der Waals surface area contributed by atoms with Crippen molar-refractivity contribution in [3.63, 3.8) is 0 Å². The summed E-state index contributed by atoms with van der Waals surface area (Å²) in [6, 6.07) is 13.7. The van der Waals surface area contributed by atoms with Gasteiger partial charge in [-0.25, -0.2) is 0 Å². The predicted octanol–water partition coefficient (Wildman–Crippen LogP) is 4.48. The molecule has 2 rings (SSSR count). The third-order valence-corrected chi connectivity index (χ3v) is 4.18. The van der Waals surface area contributed by atoms with Crippen molar-refractivity contribution in [3.8, 4) is 5.75 Å². The Morgan fingerprint density at radius 2 is 1.89 bits per heavy atom. The SMILES string of the molecule is Cc1c(I)cccc1NC(C)c1cccc(O)c1. The number of benzene rings is 2. The van der Waals surface area contributed by atoms with E-state index in [0.29, 0.717) is 5.75 Å². The van der Waals surface area contributed by atoms with Crippen LogP contribution in [0.5, 0.6) is 5.75 Å². The molecule has 2 N–H and O–H groups in total. The van der Waals surface area contributed by atoms with E-state index in [1.165, 1.54) is 9.13 Å². The second kappa shape index (κ2) is 5.61. The molecule has 3 heteroatoms. The Bertz CT molecular complexity index is 554. The van der Waals surface area contributed by atoms with Crippen molar-refractivity contribution in [2.75, 3.05) is 5.32 Å². The molecule has 0 saturated heterocycles. The molecular weight excluding hydrogens is 337 g/mol. The van der Waals surface area contributed by atoms with E-state index in [2.05, 4.69) is 53.9 Å². The summed E-state index contributed by atoms with van der Waals surface area (Å²) >= 11 is 2.34. The van der Waals surface area contributed by atoms with Crippen molar-refractivity contribution in [1.82, 2.24) is 0 Å². The standard InChI is InChI=1S/C15H16INO/c1-10-14(16)7-4-8-15(10)17-11(2)12-5-3-6-13(18)9-12/h3-9,11,17-18H,1-2H3. The van der Waals surface area contributed by atoms with Gasteiger partial charge >= 0.3 is 0 Å². The van der Waals surface area contributed by atoms with E-state index in [0.717, 1.165) is 11.3 Å². The van der Waals surface area contributed by atoms with Gasteiger partial charge < -0.3 is 10.4 Å². The molecule has 1 atom stereocenters.